The minimum atomic E-state index is -0.337. The van der Waals surface area contributed by atoms with Gasteiger partial charge in [0.05, 0.1) is 18.4 Å². The molecule has 0 unspecified atom stereocenters. The monoisotopic (exact) mass is 340 g/mol. The third-order valence-corrected chi connectivity index (χ3v) is 5.56. The first-order valence-electron chi connectivity index (χ1n) is 9.03. The van der Waals surface area contributed by atoms with Crippen molar-refractivity contribution < 1.29 is 13.9 Å². The molecule has 1 aliphatic heterocycles. The Morgan fingerprint density at radius 2 is 2.12 bits per heavy atom. The van der Waals surface area contributed by atoms with Crippen molar-refractivity contribution in [2.24, 2.45) is 5.92 Å². The second-order valence-corrected chi connectivity index (χ2v) is 7.21. The van der Waals surface area contributed by atoms with E-state index in [1.54, 1.807) is 12.1 Å². The van der Waals surface area contributed by atoms with E-state index in [4.69, 9.17) is 14.1 Å². The maximum atomic E-state index is 11.5. The molecule has 5 heteroatoms. The van der Waals surface area contributed by atoms with Crippen LogP contribution in [0.4, 0.5) is 0 Å². The topological polar surface area (TPSA) is 55.6 Å². The molecule has 0 spiro atoms. The lowest BCUT2D eigenvalue weighted by molar-refractivity contribution is 0.0600. The number of oxazole rings is 1. The summed E-state index contributed by atoms with van der Waals surface area (Å²) in [5, 5.41) is 0. The summed E-state index contributed by atoms with van der Waals surface area (Å²) in [6.07, 6.45) is 5.40. The van der Waals surface area contributed by atoms with Gasteiger partial charge in [-0.05, 0) is 56.4 Å². The molecule has 25 heavy (non-hydrogen) atoms. The molecule has 2 fully saturated rings. The van der Waals surface area contributed by atoms with Crippen LogP contribution in [0, 0.1) is 12.8 Å². The summed E-state index contributed by atoms with van der Waals surface area (Å²) in [6, 6.07) is 7.90. The molecule has 1 saturated carbocycles. The minimum Gasteiger partial charge on any atom is -0.465 e. The quantitative estimate of drug-likeness (QED) is 0.792. The number of ether oxygens (including phenoxy) is 1. The number of benzene rings is 1. The van der Waals surface area contributed by atoms with Gasteiger partial charge < -0.3 is 9.15 Å². The Morgan fingerprint density at radius 3 is 2.84 bits per heavy atom. The average Bonchev–Trinajstić information content (AvgIpc) is 3.14. The second-order valence-electron chi connectivity index (χ2n) is 7.21. The third kappa shape index (κ3) is 3.21. The number of rotatable bonds is 4. The van der Waals surface area contributed by atoms with Crippen molar-refractivity contribution in [3.8, 4) is 11.5 Å². The van der Waals surface area contributed by atoms with Crippen molar-refractivity contribution in [2.45, 2.75) is 45.2 Å². The summed E-state index contributed by atoms with van der Waals surface area (Å²) in [5.74, 6) is 2.03. The maximum absolute atomic E-state index is 11.5. The largest absolute Gasteiger partial charge is 0.465 e. The fraction of sp³-hybridized carbons (Fsp3) is 0.500. The lowest BCUT2D eigenvalue weighted by atomic mass is 9.90. The number of aryl methyl sites for hydroxylation is 1. The van der Waals surface area contributed by atoms with E-state index in [0.29, 0.717) is 11.5 Å². The Morgan fingerprint density at radius 1 is 1.32 bits per heavy atom. The first-order valence-corrected chi connectivity index (χ1v) is 9.03. The fourth-order valence-corrected chi connectivity index (χ4v) is 4.19. The van der Waals surface area contributed by atoms with Crippen LogP contribution in [0.5, 0.6) is 0 Å². The maximum Gasteiger partial charge on any atom is 0.337 e. The molecule has 2 bridgehead atoms. The number of aromatic nitrogens is 1. The van der Waals surface area contributed by atoms with E-state index in [1.165, 1.54) is 39.3 Å². The van der Waals surface area contributed by atoms with Crippen LogP contribution in [0.15, 0.2) is 28.7 Å². The zero-order valence-corrected chi connectivity index (χ0v) is 14.8. The second kappa shape index (κ2) is 6.64. The Bertz CT molecular complexity index is 766. The zero-order valence-electron chi connectivity index (χ0n) is 14.8. The molecular weight excluding hydrogens is 316 g/mol. The van der Waals surface area contributed by atoms with Crippen molar-refractivity contribution in [3.63, 3.8) is 0 Å². The number of likely N-dealkylation sites (tertiary alicyclic amines) is 1. The highest BCUT2D eigenvalue weighted by molar-refractivity contribution is 5.89. The average molecular weight is 340 g/mol. The van der Waals surface area contributed by atoms with Gasteiger partial charge >= 0.3 is 5.97 Å². The molecule has 0 radical (unpaired) electrons. The van der Waals surface area contributed by atoms with Crippen molar-refractivity contribution >= 4 is 5.97 Å². The summed E-state index contributed by atoms with van der Waals surface area (Å²) in [4.78, 5) is 18.8. The highest BCUT2D eigenvalue weighted by atomic mass is 16.5. The molecule has 2 aliphatic rings. The van der Waals surface area contributed by atoms with Gasteiger partial charge in [0.1, 0.15) is 5.76 Å². The lowest BCUT2D eigenvalue weighted by Crippen LogP contribution is -2.28. The van der Waals surface area contributed by atoms with Gasteiger partial charge in [0.15, 0.2) is 0 Å². The molecule has 5 nitrogen and oxygen atoms in total. The van der Waals surface area contributed by atoms with Gasteiger partial charge in [0.25, 0.3) is 0 Å². The molecule has 0 N–H and O–H groups in total. The molecular formula is C20H24N2O3. The van der Waals surface area contributed by atoms with Gasteiger partial charge in [-0.15, -0.1) is 0 Å². The van der Waals surface area contributed by atoms with Crippen LogP contribution in [-0.4, -0.2) is 35.5 Å². The Balaban J connectivity index is 1.51. The number of carbonyl (C=O) groups excluding carboxylic acids is 1. The van der Waals surface area contributed by atoms with Gasteiger partial charge in [-0.25, -0.2) is 9.78 Å². The fourth-order valence-electron chi connectivity index (χ4n) is 4.19. The standard InChI is InChI=1S/C20H24N2O3/c1-13-18(12-22-11-14-4-3-5-17(22)10-14)21-19(25-13)15-6-8-16(9-7-15)20(23)24-2/h6-9,14,17H,3-5,10-12H2,1-2H3/t14-,17+/m1/s1. The van der Waals surface area contributed by atoms with Gasteiger partial charge in [-0.1, -0.05) is 6.42 Å². The molecule has 2 heterocycles. The summed E-state index contributed by atoms with van der Waals surface area (Å²) >= 11 is 0. The van der Waals surface area contributed by atoms with Crippen LogP contribution in [0.2, 0.25) is 0 Å². The third-order valence-electron chi connectivity index (χ3n) is 5.56. The van der Waals surface area contributed by atoms with Crippen LogP contribution < -0.4 is 0 Å². The van der Waals surface area contributed by atoms with Crippen molar-refractivity contribution in [1.82, 2.24) is 9.88 Å². The van der Waals surface area contributed by atoms with E-state index >= 15 is 0 Å². The van der Waals surface area contributed by atoms with Crippen LogP contribution in [-0.2, 0) is 11.3 Å². The normalized spacial score (nSPS) is 23.0. The highest BCUT2D eigenvalue weighted by Gasteiger charge is 2.35. The van der Waals surface area contributed by atoms with Crippen molar-refractivity contribution in [3.05, 3.63) is 41.3 Å². The van der Waals surface area contributed by atoms with Crippen LogP contribution in [0.1, 0.15) is 47.5 Å². The van der Waals surface area contributed by atoms with Crippen molar-refractivity contribution in [2.75, 3.05) is 13.7 Å². The van der Waals surface area contributed by atoms with Crippen LogP contribution >= 0.6 is 0 Å². The Labute approximate surface area is 148 Å². The van der Waals surface area contributed by atoms with Gasteiger partial charge in [-0.3, -0.25) is 4.90 Å². The molecule has 0 amide bonds. The number of nitrogens with zero attached hydrogens (tertiary/aromatic N) is 2. The van der Waals surface area contributed by atoms with Crippen LogP contribution in [0.25, 0.3) is 11.5 Å². The number of carbonyl (C=O) groups is 1. The Kier molecular flexibility index (Phi) is 4.34. The van der Waals surface area contributed by atoms with Gasteiger partial charge in [0.2, 0.25) is 5.89 Å². The summed E-state index contributed by atoms with van der Waals surface area (Å²) in [6.45, 7) is 4.05. The molecule has 1 aromatic carbocycles. The van der Waals surface area contributed by atoms with Gasteiger partial charge in [0, 0.05) is 24.7 Å². The number of fused-ring (bicyclic) bond motifs is 2. The van der Waals surface area contributed by atoms with E-state index in [-0.39, 0.29) is 5.97 Å². The number of hydrogen-bond donors (Lipinski definition) is 0. The number of esters is 1. The lowest BCUT2D eigenvalue weighted by Gasteiger charge is -2.23. The van der Waals surface area contributed by atoms with E-state index in [1.807, 2.05) is 19.1 Å². The van der Waals surface area contributed by atoms with Crippen molar-refractivity contribution in [1.29, 1.82) is 0 Å². The molecule has 4 rings (SSSR count). The molecule has 1 aliphatic carbocycles. The SMILES string of the molecule is COC(=O)c1ccc(-c2nc(CN3C[C@@H]4CCC[C@H]3C4)c(C)o2)cc1. The summed E-state index contributed by atoms with van der Waals surface area (Å²) < 4.78 is 10.6. The van der Waals surface area contributed by atoms with E-state index < -0.39 is 0 Å². The first kappa shape index (κ1) is 16.3. The summed E-state index contributed by atoms with van der Waals surface area (Å²) in [5.41, 5.74) is 2.43. The molecule has 1 aromatic heterocycles. The summed E-state index contributed by atoms with van der Waals surface area (Å²) in [7, 11) is 1.38. The van der Waals surface area contributed by atoms with E-state index in [9.17, 15) is 4.79 Å². The molecule has 132 valence electrons. The van der Waals surface area contributed by atoms with E-state index in [2.05, 4.69) is 4.90 Å². The highest BCUT2D eigenvalue weighted by Crippen LogP contribution is 2.36. The molecule has 2 aromatic rings. The number of hydrogen-bond acceptors (Lipinski definition) is 5. The predicted molar refractivity (Wildman–Crippen MR) is 94.2 cm³/mol. The predicted octanol–water partition coefficient (Wildman–Crippen LogP) is 3.81. The smallest absolute Gasteiger partial charge is 0.337 e. The number of methoxy groups -OCH3 is 1. The first-order chi connectivity index (χ1) is 12.1. The molecule has 1 saturated heterocycles. The van der Waals surface area contributed by atoms with E-state index in [0.717, 1.165) is 35.5 Å². The minimum absolute atomic E-state index is 0.337. The zero-order chi connectivity index (χ0) is 17.4. The molecule has 2 atom stereocenters. The Hall–Kier alpha value is -2.14. The van der Waals surface area contributed by atoms with Gasteiger partial charge in [-0.2, -0.15) is 0 Å². The van der Waals surface area contributed by atoms with Crippen LogP contribution in [0.3, 0.4) is 0 Å².